The maximum absolute atomic E-state index is 13.3. The molecule has 1 aromatic heterocycles. The fraction of sp³-hybridized carbons (Fsp3) is 0.471. The van der Waals surface area contributed by atoms with Crippen LogP contribution in [0.1, 0.15) is 12.3 Å². The molecule has 0 radical (unpaired) electrons. The molecule has 2 aromatic rings. The van der Waals surface area contributed by atoms with Gasteiger partial charge in [0.25, 0.3) is 0 Å². The molecular weight excluding hydrogens is 299 g/mol. The van der Waals surface area contributed by atoms with E-state index in [0.29, 0.717) is 30.4 Å². The number of aromatic nitrogens is 1. The molecule has 1 saturated heterocycles. The van der Waals surface area contributed by atoms with E-state index in [4.69, 9.17) is 13.9 Å². The Morgan fingerprint density at radius 3 is 3.00 bits per heavy atom. The Balaban J connectivity index is 1.71. The molecule has 0 bridgehead atoms. The Morgan fingerprint density at radius 1 is 1.39 bits per heavy atom. The number of rotatable bonds is 6. The van der Waals surface area contributed by atoms with Crippen molar-refractivity contribution in [2.45, 2.75) is 25.1 Å². The molecule has 3 rings (SSSR count). The molecule has 0 unspecified atom stereocenters. The molecule has 1 aliphatic heterocycles. The van der Waals surface area contributed by atoms with Crippen molar-refractivity contribution in [2.24, 2.45) is 0 Å². The smallest absolute Gasteiger partial charge is 0.209 e. The van der Waals surface area contributed by atoms with E-state index in [1.807, 2.05) is 0 Å². The van der Waals surface area contributed by atoms with Crippen molar-refractivity contribution in [3.05, 3.63) is 42.2 Å². The molecule has 2 atom stereocenters. The highest BCUT2D eigenvalue weighted by Crippen LogP contribution is 2.25. The molecule has 1 aromatic carbocycles. The summed E-state index contributed by atoms with van der Waals surface area (Å²) in [6, 6.07) is 6.60. The maximum Gasteiger partial charge on any atom is 0.209 e. The van der Waals surface area contributed by atoms with Crippen LogP contribution in [0.25, 0.3) is 11.3 Å². The molecule has 1 fully saturated rings. The predicted octanol–water partition coefficient (Wildman–Crippen LogP) is 2.72. The summed E-state index contributed by atoms with van der Waals surface area (Å²) in [7, 11) is 3.43. The van der Waals surface area contributed by atoms with E-state index in [9.17, 15) is 4.39 Å². The Kier molecular flexibility index (Phi) is 5.05. The van der Waals surface area contributed by atoms with E-state index in [0.717, 1.165) is 13.0 Å². The fourth-order valence-electron chi connectivity index (χ4n) is 3.00. The van der Waals surface area contributed by atoms with Crippen LogP contribution in [0.5, 0.6) is 0 Å². The third kappa shape index (κ3) is 3.77. The average molecular weight is 320 g/mol. The highest BCUT2D eigenvalue weighted by molar-refractivity contribution is 5.56. The van der Waals surface area contributed by atoms with E-state index in [-0.39, 0.29) is 18.0 Å². The lowest BCUT2D eigenvalue weighted by Gasteiger charge is -2.21. The summed E-state index contributed by atoms with van der Waals surface area (Å²) >= 11 is 0. The molecule has 124 valence electrons. The minimum atomic E-state index is -0.289. The Labute approximate surface area is 135 Å². The van der Waals surface area contributed by atoms with Crippen molar-refractivity contribution in [3.8, 4) is 11.3 Å². The molecular formula is C17H21FN2O3. The normalized spacial score (nSPS) is 21.9. The monoisotopic (exact) mass is 320 g/mol. The van der Waals surface area contributed by atoms with Crippen molar-refractivity contribution in [2.75, 3.05) is 27.4 Å². The predicted molar refractivity (Wildman–Crippen MR) is 83.4 cm³/mol. The average Bonchev–Trinajstić information content (AvgIpc) is 3.16. The zero-order chi connectivity index (χ0) is 16.2. The van der Waals surface area contributed by atoms with Crippen molar-refractivity contribution in [3.63, 3.8) is 0 Å². The molecule has 1 aliphatic rings. The van der Waals surface area contributed by atoms with Crippen LogP contribution in [0.3, 0.4) is 0 Å². The van der Waals surface area contributed by atoms with Crippen LogP contribution < -0.4 is 0 Å². The second-order valence-corrected chi connectivity index (χ2v) is 5.76. The number of likely N-dealkylation sites (tertiary alicyclic amines) is 1. The summed E-state index contributed by atoms with van der Waals surface area (Å²) in [5, 5.41) is 0. The number of oxazole rings is 1. The van der Waals surface area contributed by atoms with Crippen LogP contribution in [0.15, 0.2) is 34.9 Å². The Hall–Kier alpha value is -1.76. The first-order valence-corrected chi connectivity index (χ1v) is 7.66. The third-order valence-corrected chi connectivity index (χ3v) is 4.18. The minimum Gasteiger partial charge on any atom is -0.439 e. The van der Waals surface area contributed by atoms with E-state index in [1.54, 1.807) is 32.5 Å². The SMILES string of the molecule is COC[C@@H]1C[C@H](OC)CN1Cc1ncc(-c2cccc(F)c2)o1. The number of hydrogen-bond acceptors (Lipinski definition) is 5. The van der Waals surface area contributed by atoms with Gasteiger partial charge in [0.15, 0.2) is 5.76 Å². The van der Waals surface area contributed by atoms with E-state index in [2.05, 4.69) is 9.88 Å². The lowest BCUT2D eigenvalue weighted by Crippen LogP contribution is -2.32. The number of methoxy groups -OCH3 is 2. The van der Waals surface area contributed by atoms with Gasteiger partial charge in [-0.15, -0.1) is 0 Å². The van der Waals surface area contributed by atoms with Crippen LogP contribution in [0, 0.1) is 5.82 Å². The van der Waals surface area contributed by atoms with Crippen molar-refractivity contribution >= 4 is 0 Å². The molecule has 0 saturated carbocycles. The minimum absolute atomic E-state index is 0.202. The molecule has 6 heteroatoms. The van der Waals surface area contributed by atoms with Crippen molar-refractivity contribution in [1.29, 1.82) is 0 Å². The molecule has 2 heterocycles. The van der Waals surface area contributed by atoms with Crippen molar-refractivity contribution < 1.29 is 18.3 Å². The summed E-state index contributed by atoms with van der Waals surface area (Å²) in [6.45, 7) is 2.06. The van der Waals surface area contributed by atoms with Gasteiger partial charge in [-0.2, -0.15) is 0 Å². The van der Waals surface area contributed by atoms with Gasteiger partial charge in [0, 0.05) is 32.4 Å². The lowest BCUT2D eigenvalue weighted by atomic mass is 10.2. The molecule has 0 aliphatic carbocycles. The number of halogens is 1. The van der Waals surface area contributed by atoms with Gasteiger partial charge in [-0.1, -0.05) is 12.1 Å². The number of hydrogen-bond donors (Lipinski definition) is 0. The highest BCUT2D eigenvalue weighted by atomic mass is 19.1. The van der Waals surface area contributed by atoms with E-state index in [1.165, 1.54) is 12.1 Å². The third-order valence-electron chi connectivity index (χ3n) is 4.18. The summed E-state index contributed by atoms with van der Waals surface area (Å²) in [4.78, 5) is 6.57. The fourth-order valence-corrected chi connectivity index (χ4v) is 3.00. The second kappa shape index (κ2) is 7.21. The molecule has 0 amide bonds. The largest absolute Gasteiger partial charge is 0.439 e. The number of ether oxygens (including phenoxy) is 2. The van der Waals surface area contributed by atoms with Gasteiger partial charge in [-0.25, -0.2) is 9.37 Å². The lowest BCUT2D eigenvalue weighted by molar-refractivity contribution is 0.102. The summed E-state index contributed by atoms with van der Waals surface area (Å²) in [5.74, 6) is 0.899. The zero-order valence-corrected chi connectivity index (χ0v) is 13.4. The summed E-state index contributed by atoms with van der Waals surface area (Å²) in [5.41, 5.74) is 0.688. The van der Waals surface area contributed by atoms with Gasteiger partial charge in [-0.05, 0) is 18.6 Å². The van der Waals surface area contributed by atoms with Gasteiger partial charge in [0.1, 0.15) is 5.82 Å². The van der Waals surface area contributed by atoms with Gasteiger partial charge in [0.2, 0.25) is 5.89 Å². The first-order valence-electron chi connectivity index (χ1n) is 7.66. The van der Waals surface area contributed by atoms with Crippen LogP contribution in [0.4, 0.5) is 4.39 Å². The van der Waals surface area contributed by atoms with Crippen LogP contribution in [0.2, 0.25) is 0 Å². The summed E-state index contributed by atoms with van der Waals surface area (Å²) < 4.78 is 29.8. The van der Waals surface area contributed by atoms with E-state index >= 15 is 0 Å². The molecule has 23 heavy (non-hydrogen) atoms. The number of benzene rings is 1. The Bertz CT molecular complexity index is 646. The Morgan fingerprint density at radius 2 is 2.26 bits per heavy atom. The molecule has 0 N–H and O–H groups in total. The zero-order valence-electron chi connectivity index (χ0n) is 13.4. The highest BCUT2D eigenvalue weighted by Gasteiger charge is 2.32. The van der Waals surface area contributed by atoms with E-state index < -0.39 is 0 Å². The van der Waals surface area contributed by atoms with Gasteiger partial charge in [-0.3, -0.25) is 4.90 Å². The second-order valence-electron chi connectivity index (χ2n) is 5.76. The van der Waals surface area contributed by atoms with Gasteiger partial charge in [0.05, 0.1) is 25.5 Å². The number of nitrogens with zero attached hydrogens (tertiary/aromatic N) is 2. The quantitative estimate of drug-likeness (QED) is 0.819. The van der Waals surface area contributed by atoms with Crippen molar-refractivity contribution in [1.82, 2.24) is 9.88 Å². The molecule has 0 spiro atoms. The first kappa shape index (κ1) is 16.1. The topological polar surface area (TPSA) is 47.7 Å². The standard InChI is InChI=1S/C17H21FN2O3/c1-21-11-14-7-15(22-2)9-20(14)10-17-19-8-16(23-17)12-4-3-5-13(18)6-12/h3-6,8,14-15H,7,9-11H2,1-2H3/t14-,15-/m0/s1. The van der Waals surface area contributed by atoms with Gasteiger partial charge >= 0.3 is 0 Å². The van der Waals surface area contributed by atoms with Crippen LogP contribution >= 0.6 is 0 Å². The van der Waals surface area contributed by atoms with Gasteiger partial charge < -0.3 is 13.9 Å². The summed E-state index contributed by atoms with van der Waals surface area (Å²) in [6.07, 6.45) is 2.77. The van der Waals surface area contributed by atoms with Crippen LogP contribution in [-0.4, -0.2) is 49.4 Å². The van der Waals surface area contributed by atoms with Crippen LogP contribution in [-0.2, 0) is 16.0 Å². The molecule has 5 nitrogen and oxygen atoms in total. The first-order chi connectivity index (χ1) is 11.2. The maximum atomic E-state index is 13.3.